The summed E-state index contributed by atoms with van der Waals surface area (Å²) in [5.74, 6) is 1.16. The SMILES string of the molecule is COc1cc(C(=O)Nc2ccc3c(c2)CCC3)cc(OC)c1OC. The van der Waals surface area contributed by atoms with E-state index in [0.29, 0.717) is 22.8 Å². The van der Waals surface area contributed by atoms with Crippen LogP contribution < -0.4 is 19.5 Å². The van der Waals surface area contributed by atoms with Crippen molar-refractivity contribution in [1.82, 2.24) is 0 Å². The Labute approximate surface area is 141 Å². The molecule has 2 aromatic carbocycles. The summed E-state index contributed by atoms with van der Waals surface area (Å²) in [5, 5.41) is 2.94. The molecule has 1 aliphatic rings. The first-order valence-corrected chi connectivity index (χ1v) is 7.89. The third kappa shape index (κ3) is 3.02. The molecule has 3 rings (SSSR count). The van der Waals surface area contributed by atoms with Gasteiger partial charge in [0, 0.05) is 11.3 Å². The van der Waals surface area contributed by atoms with Gasteiger partial charge in [-0.3, -0.25) is 4.79 Å². The molecular weight excluding hydrogens is 306 g/mol. The van der Waals surface area contributed by atoms with Crippen LogP contribution in [0.1, 0.15) is 27.9 Å². The Morgan fingerprint density at radius 2 is 1.58 bits per heavy atom. The molecule has 0 saturated carbocycles. The number of ether oxygens (including phenoxy) is 3. The van der Waals surface area contributed by atoms with Gasteiger partial charge in [-0.05, 0) is 54.7 Å². The third-order valence-electron chi connectivity index (χ3n) is 4.28. The second-order valence-electron chi connectivity index (χ2n) is 5.71. The van der Waals surface area contributed by atoms with Crippen LogP contribution in [-0.2, 0) is 12.8 Å². The topological polar surface area (TPSA) is 56.8 Å². The first kappa shape index (κ1) is 16.2. The van der Waals surface area contributed by atoms with Crippen LogP contribution in [0.2, 0.25) is 0 Å². The molecule has 0 aliphatic heterocycles. The Kier molecular flexibility index (Phi) is 4.60. The molecule has 5 heteroatoms. The Bertz CT molecular complexity index is 745. The molecule has 0 unspecified atom stereocenters. The quantitative estimate of drug-likeness (QED) is 0.914. The van der Waals surface area contributed by atoms with Gasteiger partial charge in [0.05, 0.1) is 21.3 Å². The number of hydrogen-bond donors (Lipinski definition) is 1. The van der Waals surface area contributed by atoms with Crippen LogP contribution in [0.15, 0.2) is 30.3 Å². The zero-order chi connectivity index (χ0) is 17.1. The number of rotatable bonds is 5. The minimum absolute atomic E-state index is 0.216. The summed E-state index contributed by atoms with van der Waals surface area (Å²) in [7, 11) is 4.59. The van der Waals surface area contributed by atoms with E-state index in [-0.39, 0.29) is 5.91 Å². The highest BCUT2D eigenvalue weighted by molar-refractivity contribution is 6.05. The molecule has 0 aromatic heterocycles. The van der Waals surface area contributed by atoms with E-state index < -0.39 is 0 Å². The normalized spacial score (nSPS) is 12.5. The van der Waals surface area contributed by atoms with Crippen molar-refractivity contribution in [2.45, 2.75) is 19.3 Å². The lowest BCUT2D eigenvalue weighted by Crippen LogP contribution is -2.13. The van der Waals surface area contributed by atoms with E-state index in [2.05, 4.69) is 17.4 Å². The van der Waals surface area contributed by atoms with E-state index in [9.17, 15) is 4.79 Å². The summed E-state index contributed by atoms with van der Waals surface area (Å²) in [6.45, 7) is 0. The molecule has 0 atom stereocenters. The van der Waals surface area contributed by atoms with Crippen LogP contribution in [-0.4, -0.2) is 27.2 Å². The molecule has 0 bridgehead atoms. The Morgan fingerprint density at radius 1 is 0.917 bits per heavy atom. The summed E-state index contributed by atoms with van der Waals surface area (Å²) in [4.78, 5) is 12.6. The molecule has 1 N–H and O–H groups in total. The summed E-state index contributed by atoms with van der Waals surface area (Å²) >= 11 is 0. The van der Waals surface area contributed by atoms with Crippen LogP contribution in [0.25, 0.3) is 0 Å². The Hall–Kier alpha value is -2.69. The van der Waals surface area contributed by atoms with Crippen LogP contribution in [0.3, 0.4) is 0 Å². The maximum absolute atomic E-state index is 12.6. The highest BCUT2D eigenvalue weighted by atomic mass is 16.5. The average Bonchev–Trinajstić information content (AvgIpc) is 3.07. The predicted octanol–water partition coefficient (Wildman–Crippen LogP) is 3.45. The van der Waals surface area contributed by atoms with E-state index in [4.69, 9.17) is 14.2 Å². The molecule has 0 radical (unpaired) electrons. The maximum atomic E-state index is 12.6. The van der Waals surface area contributed by atoms with E-state index in [1.54, 1.807) is 12.1 Å². The van der Waals surface area contributed by atoms with Crippen LogP contribution in [0.5, 0.6) is 17.2 Å². The number of anilines is 1. The lowest BCUT2D eigenvalue weighted by atomic mass is 10.1. The summed E-state index contributed by atoms with van der Waals surface area (Å²) < 4.78 is 15.9. The molecule has 0 saturated heterocycles. The van der Waals surface area contributed by atoms with Crippen molar-refractivity contribution >= 4 is 11.6 Å². The number of benzene rings is 2. The van der Waals surface area contributed by atoms with E-state index in [1.165, 1.54) is 38.9 Å². The van der Waals surface area contributed by atoms with E-state index in [1.807, 2.05) is 6.07 Å². The standard InChI is InChI=1S/C19H21NO4/c1-22-16-10-14(11-17(23-2)18(16)24-3)19(21)20-15-8-7-12-5-4-6-13(12)9-15/h7-11H,4-6H2,1-3H3,(H,20,21). The third-order valence-corrected chi connectivity index (χ3v) is 4.28. The van der Waals surface area contributed by atoms with Gasteiger partial charge in [-0.15, -0.1) is 0 Å². The van der Waals surface area contributed by atoms with Crippen molar-refractivity contribution < 1.29 is 19.0 Å². The fourth-order valence-corrected chi connectivity index (χ4v) is 3.07. The summed E-state index contributed by atoms with van der Waals surface area (Å²) in [5.41, 5.74) is 3.94. The van der Waals surface area contributed by atoms with Crippen molar-refractivity contribution in [1.29, 1.82) is 0 Å². The number of amides is 1. The smallest absolute Gasteiger partial charge is 0.255 e. The minimum Gasteiger partial charge on any atom is -0.493 e. The van der Waals surface area contributed by atoms with Crippen LogP contribution in [0.4, 0.5) is 5.69 Å². The largest absolute Gasteiger partial charge is 0.493 e. The first-order valence-electron chi connectivity index (χ1n) is 7.89. The van der Waals surface area contributed by atoms with Gasteiger partial charge in [0.15, 0.2) is 11.5 Å². The molecule has 0 heterocycles. The number of carbonyl (C=O) groups is 1. The molecular formula is C19H21NO4. The summed E-state index contributed by atoms with van der Waals surface area (Å²) in [6.07, 6.45) is 3.37. The van der Waals surface area contributed by atoms with Crippen molar-refractivity contribution in [3.8, 4) is 17.2 Å². The van der Waals surface area contributed by atoms with Gasteiger partial charge in [-0.25, -0.2) is 0 Å². The van der Waals surface area contributed by atoms with Gasteiger partial charge in [0.25, 0.3) is 5.91 Å². The number of methoxy groups -OCH3 is 3. The molecule has 24 heavy (non-hydrogen) atoms. The maximum Gasteiger partial charge on any atom is 0.255 e. The molecule has 126 valence electrons. The van der Waals surface area contributed by atoms with Crippen LogP contribution in [0, 0.1) is 0 Å². The first-order chi connectivity index (χ1) is 11.7. The molecule has 2 aromatic rings. The fraction of sp³-hybridized carbons (Fsp3) is 0.316. The number of hydrogen-bond acceptors (Lipinski definition) is 4. The highest BCUT2D eigenvalue weighted by Gasteiger charge is 2.18. The summed E-state index contributed by atoms with van der Waals surface area (Å²) in [6, 6.07) is 9.37. The number of nitrogens with one attached hydrogen (secondary N) is 1. The zero-order valence-electron chi connectivity index (χ0n) is 14.1. The van der Waals surface area contributed by atoms with Crippen molar-refractivity contribution in [2.24, 2.45) is 0 Å². The van der Waals surface area contributed by atoms with Gasteiger partial charge < -0.3 is 19.5 Å². The van der Waals surface area contributed by atoms with Gasteiger partial charge in [-0.1, -0.05) is 6.07 Å². The average molecular weight is 327 g/mol. The molecule has 0 spiro atoms. The lowest BCUT2D eigenvalue weighted by Gasteiger charge is -2.14. The van der Waals surface area contributed by atoms with E-state index in [0.717, 1.165) is 18.5 Å². The van der Waals surface area contributed by atoms with Crippen molar-refractivity contribution in [3.63, 3.8) is 0 Å². The number of aryl methyl sites for hydroxylation is 2. The van der Waals surface area contributed by atoms with Crippen LogP contribution >= 0.6 is 0 Å². The molecule has 0 fully saturated rings. The second-order valence-corrected chi connectivity index (χ2v) is 5.71. The molecule has 5 nitrogen and oxygen atoms in total. The zero-order valence-corrected chi connectivity index (χ0v) is 14.1. The van der Waals surface area contributed by atoms with E-state index >= 15 is 0 Å². The number of carbonyl (C=O) groups excluding carboxylic acids is 1. The lowest BCUT2D eigenvalue weighted by molar-refractivity contribution is 0.102. The monoisotopic (exact) mass is 327 g/mol. The Morgan fingerprint density at radius 3 is 2.21 bits per heavy atom. The number of fused-ring (bicyclic) bond motifs is 1. The van der Waals surface area contributed by atoms with Gasteiger partial charge in [0.2, 0.25) is 5.75 Å². The Balaban J connectivity index is 1.87. The van der Waals surface area contributed by atoms with Gasteiger partial charge in [-0.2, -0.15) is 0 Å². The molecule has 1 amide bonds. The van der Waals surface area contributed by atoms with Crippen molar-refractivity contribution in [3.05, 3.63) is 47.0 Å². The highest BCUT2D eigenvalue weighted by Crippen LogP contribution is 2.38. The van der Waals surface area contributed by atoms with Crippen molar-refractivity contribution in [2.75, 3.05) is 26.6 Å². The fourth-order valence-electron chi connectivity index (χ4n) is 3.07. The van der Waals surface area contributed by atoms with Gasteiger partial charge in [0.1, 0.15) is 0 Å². The molecule has 1 aliphatic carbocycles. The second kappa shape index (κ2) is 6.83. The predicted molar refractivity (Wildman–Crippen MR) is 92.5 cm³/mol. The van der Waals surface area contributed by atoms with Gasteiger partial charge >= 0.3 is 0 Å². The minimum atomic E-state index is -0.216.